The predicted molar refractivity (Wildman–Crippen MR) is 92.8 cm³/mol. The molecule has 5 heteroatoms. The van der Waals surface area contributed by atoms with E-state index >= 15 is 0 Å². The third-order valence-electron chi connectivity index (χ3n) is 4.78. The van der Waals surface area contributed by atoms with Crippen LogP contribution in [0.3, 0.4) is 0 Å². The summed E-state index contributed by atoms with van der Waals surface area (Å²) in [5.41, 5.74) is 0.721. The molecule has 3 rings (SSSR count). The molecule has 1 N–H and O–H groups in total. The van der Waals surface area contributed by atoms with Crippen molar-refractivity contribution in [2.75, 3.05) is 19.0 Å². The molecule has 1 fully saturated rings. The van der Waals surface area contributed by atoms with Gasteiger partial charge in [-0.05, 0) is 55.9 Å². The zero-order valence-corrected chi connectivity index (χ0v) is 14.0. The summed E-state index contributed by atoms with van der Waals surface area (Å²) in [5, 5.41) is 2.91. The lowest BCUT2D eigenvalue weighted by atomic mass is 10.0. The van der Waals surface area contributed by atoms with E-state index in [1.54, 1.807) is 36.3 Å². The van der Waals surface area contributed by atoms with Gasteiger partial charge in [-0.2, -0.15) is 0 Å². The summed E-state index contributed by atoms with van der Waals surface area (Å²) in [5.74, 6) is 1.07. The first-order valence-corrected chi connectivity index (χ1v) is 8.58. The number of amides is 2. The second-order valence-electron chi connectivity index (χ2n) is 6.43. The van der Waals surface area contributed by atoms with Crippen LogP contribution in [0.4, 0.5) is 5.69 Å². The fraction of sp³-hybridized carbons (Fsp3) is 0.474. The van der Waals surface area contributed by atoms with Crippen molar-refractivity contribution >= 4 is 17.5 Å². The number of rotatable bonds is 5. The molecule has 2 atom stereocenters. The molecule has 1 aliphatic heterocycles. The van der Waals surface area contributed by atoms with Crippen LogP contribution < -0.4 is 10.1 Å². The number of benzene rings is 1. The molecule has 1 saturated heterocycles. The number of ether oxygens (including phenoxy) is 1. The molecule has 0 bridgehead atoms. The molecule has 128 valence electrons. The van der Waals surface area contributed by atoms with Gasteiger partial charge in [0.1, 0.15) is 11.8 Å². The van der Waals surface area contributed by atoms with Crippen LogP contribution in [0.25, 0.3) is 0 Å². The van der Waals surface area contributed by atoms with Crippen molar-refractivity contribution in [1.29, 1.82) is 0 Å². The van der Waals surface area contributed by atoms with E-state index in [-0.39, 0.29) is 17.9 Å². The van der Waals surface area contributed by atoms with E-state index in [2.05, 4.69) is 17.5 Å². The normalized spacial score (nSPS) is 22.6. The van der Waals surface area contributed by atoms with Gasteiger partial charge in [0.05, 0.1) is 7.11 Å². The zero-order valence-electron chi connectivity index (χ0n) is 14.0. The number of nitrogens with zero attached hydrogens (tertiary/aromatic N) is 1. The van der Waals surface area contributed by atoms with Crippen molar-refractivity contribution in [3.63, 3.8) is 0 Å². The topological polar surface area (TPSA) is 58.6 Å². The Morgan fingerprint density at radius 2 is 2.04 bits per heavy atom. The Morgan fingerprint density at radius 1 is 1.25 bits per heavy atom. The summed E-state index contributed by atoms with van der Waals surface area (Å²) < 4.78 is 5.11. The van der Waals surface area contributed by atoms with Crippen LogP contribution in [-0.2, 0) is 9.59 Å². The molecule has 0 unspecified atom stereocenters. The highest BCUT2D eigenvalue weighted by Gasteiger charge is 2.34. The molecule has 0 aromatic heterocycles. The average Bonchev–Trinajstić information content (AvgIpc) is 3.27. The Kier molecular flexibility index (Phi) is 5.18. The lowest BCUT2D eigenvalue weighted by Gasteiger charge is -2.25. The van der Waals surface area contributed by atoms with Crippen LogP contribution >= 0.6 is 0 Å². The molecule has 2 amide bonds. The minimum absolute atomic E-state index is 0.0962. The van der Waals surface area contributed by atoms with E-state index in [9.17, 15) is 9.59 Å². The highest BCUT2D eigenvalue weighted by Crippen LogP contribution is 2.25. The minimum Gasteiger partial charge on any atom is -0.497 e. The fourth-order valence-electron chi connectivity index (χ4n) is 3.44. The average molecular weight is 328 g/mol. The van der Waals surface area contributed by atoms with E-state index in [1.807, 2.05) is 0 Å². The van der Waals surface area contributed by atoms with E-state index in [4.69, 9.17) is 4.74 Å². The Balaban J connectivity index is 1.59. The van der Waals surface area contributed by atoms with Crippen LogP contribution in [-0.4, -0.2) is 36.4 Å². The van der Waals surface area contributed by atoms with E-state index < -0.39 is 0 Å². The molecule has 1 aliphatic carbocycles. The number of carbonyl (C=O) groups is 2. The molecule has 5 nitrogen and oxygen atoms in total. The van der Waals surface area contributed by atoms with Gasteiger partial charge in [-0.3, -0.25) is 9.59 Å². The highest BCUT2D eigenvalue weighted by molar-refractivity contribution is 5.97. The van der Waals surface area contributed by atoms with Gasteiger partial charge >= 0.3 is 0 Å². The van der Waals surface area contributed by atoms with E-state index in [0.29, 0.717) is 18.9 Å². The second-order valence-corrected chi connectivity index (χ2v) is 6.43. The summed E-state index contributed by atoms with van der Waals surface area (Å²) >= 11 is 0. The second kappa shape index (κ2) is 7.51. The van der Waals surface area contributed by atoms with Crippen molar-refractivity contribution in [2.24, 2.45) is 5.92 Å². The number of methoxy groups -OCH3 is 1. The predicted octanol–water partition coefficient (Wildman–Crippen LogP) is 2.98. The molecule has 0 spiro atoms. The quantitative estimate of drug-likeness (QED) is 0.845. The van der Waals surface area contributed by atoms with Crippen molar-refractivity contribution in [3.05, 3.63) is 36.4 Å². The Hall–Kier alpha value is -2.30. The lowest BCUT2D eigenvalue weighted by molar-refractivity contribution is -0.137. The third-order valence-corrected chi connectivity index (χ3v) is 4.78. The molecule has 2 aliphatic rings. The van der Waals surface area contributed by atoms with Crippen LogP contribution in [0.1, 0.15) is 32.1 Å². The molecular weight excluding hydrogens is 304 g/mol. The van der Waals surface area contributed by atoms with Crippen LogP contribution in [0, 0.1) is 5.92 Å². The first kappa shape index (κ1) is 16.6. The van der Waals surface area contributed by atoms with Gasteiger partial charge in [-0.1, -0.05) is 12.2 Å². The SMILES string of the molecule is COc1ccc(NC(=O)[C@@H]2CCCN2C(=O)C[C@H]2C=CCC2)cc1. The van der Waals surface area contributed by atoms with Gasteiger partial charge in [0.15, 0.2) is 0 Å². The monoisotopic (exact) mass is 328 g/mol. The van der Waals surface area contributed by atoms with Gasteiger partial charge in [0.2, 0.25) is 11.8 Å². The molecule has 0 radical (unpaired) electrons. The smallest absolute Gasteiger partial charge is 0.247 e. The van der Waals surface area contributed by atoms with Crippen molar-refractivity contribution in [3.8, 4) is 5.75 Å². The molecule has 1 aromatic carbocycles. The summed E-state index contributed by atoms with van der Waals surface area (Å²) in [6.45, 7) is 0.677. The van der Waals surface area contributed by atoms with Gasteiger partial charge in [-0.15, -0.1) is 0 Å². The molecule has 24 heavy (non-hydrogen) atoms. The maximum Gasteiger partial charge on any atom is 0.247 e. The van der Waals surface area contributed by atoms with E-state index in [1.165, 1.54) is 0 Å². The summed E-state index contributed by atoms with van der Waals surface area (Å²) in [7, 11) is 1.61. The molecule has 0 saturated carbocycles. The molecular formula is C19H24N2O3. The standard InChI is InChI=1S/C19H24N2O3/c1-24-16-10-8-15(9-11-16)20-19(23)17-7-4-12-21(17)18(22)13-14-5-2-3-6-14/h2,5,8-11,14,17H,3-4,6-7,12-13H2,1H3,(H,20,23)/t14-,17-/m0/s1. The van der Waals surface area contributed by atoms with Crippen molar-refractivity contribution in [1.82, 2.24) is 4.90 Å². The molecule has 1 aromatic rings. The Morgan fingerprint density at radius 3 is 2.71 bits per heavy atom. The highest BCUT2D eigenvalue weighted by atomic mass is 16.5. The van der Waals surface area contributed by atoms with Crippen LogP contribution in [0.15, 0.2) is 36.4 Å². The number of carbonyl (C=O) groups excluding carboxylic acids is 2. The number of likely N-dealkylation sites (tertiary alicyclic amines) is 1. The van der Waals surface area contributed by atoms with Crippen LogP contribution in [0.2, 0.25) is 0 Å². The number of allylic oxidation sites excluding steroid dienone is 2. The number of hydrogen-bond acceptors (Lipinski definition) is 3. The minimum atomic E-state index is -0.356. The van der Waals surface area contributed by atoms with Gasteiger partial charge < -0.3 is 15.0 Å². The maximum atomic E-state index is 12.6. The van der Waals surface area contributed by atoms with Crippen LogP contribution in [0.5, 0.6) is 5.75 Å². The van der Waals surface area contributed by atoms with Gasteiger partial charge in [0, 0.05) is 18.7 Å². The van der Waals surface area contributed by atoms with Crippen molar-refractivity contribution < 1.29 is 14.3 Å². The fourth-order valence-corrected chi connectivity index (χ4v) is 3.44. The number of hydrogen-bond donors (Lipinski definition) is 1. The largest absolute Gasteiger partial charge is 0.497 e. The Bertz CT molecular complexity index is 624. The first-order valence-electron chi connectivity index (χ1n) is 8.58. The number of anilines is 1. The Labute approximate surface area is 142 Å². The van der Waals surface area contributed by atoms with E-state index in [0.717, 1.165) is 37.1 Å². The summed E-state index contributed by atoms with van der Waals surface area (Å²) in [4.78, 5) is 26.9. The number of nitrogens with one attached hydrogen (secondary N) is 1. The van der Waals surface area contributed by atoms with Gasteiger partial charge in [0.25, 0.3) is 0 Å². The maximum absolute atomic E-state index is 12.6. The van der Waals surface area contributed by atoms with Gasteiger partial charge in [-0.25, -0.2) is 0 Å². The molecule has 1 heterocycles. The summed E-state index contributed by atoms with van der Waals surface area (Å²) in [6.07, 6.45) is 8.49. The lowest BCUT2D eigenvalue weighted by Crippen LogP contribution is -2.43. The third kappa shape index (κ3) is 3.78. The zero-order chi connectivity index (χ0) is 16.9. The first-order chi connectivity index (χ1) is 11.7. The van der Waals surface area contributed by atoms with Crippen molar-refractivity contribution in [2.45, 2.75) is 38.1 Å². The summed E-state index contributed by atoms with van der Waals surface area (Å²) in [6, 6.07) is 6.87.